The lowest BCUT2D eigenvalue weighted by molar-refractivity contribution is -0.202. The number of rotatable bonds is 2. The van der Waals surface area contributed by atoms with E-state index in [0.29, 0.717) is 11.3 Å². The normalized spacial score (nSPS) is 24.8. The summed E-state index contributed by atoms with van der Waals surface area (Å²) in [7, 11) is -3.86. The Morgan fingerprint density at radius 2 is 1.80 bits per heavy atom. The zero-order valence-corrected chi connectivity index (χ0v) is 10.7. The molecule has 1 aliphatic heterocycles. The second-order valence-corrected chi connectivity index (χ2v) is 6.50. The highest BCUT2D eigenvalue weighted by molar-refractivity contribution is 7.93. The van der Waals surface area contributed by atoms with Gasteiger partial charge in [0.2, 0.25) is 5.44 Å². The van der Waals surface area contributed by atoms with E-state index in [1.165, 1.54) is 24.3 Å². The zero-order valence-electron chi connectivity index (χ0n) is 9.92. The number of alkyl halides is 3. The topological polar surface area (TPSA) is 86.5 Å². The SMILES string of the molecule is Nc1ccc(C2CS(=O)(=O)C2OC(=O)C(F)(F)F)cc1. The molecule has 0 aliphatic carbocycles. The van der Waals surface area contributed by atoms with Gasteiger partial charge in [0.15, 0.2) is 9.84 Å². The van der Waals surface area contributed by atoms with Crippen LogP contribution >= 0.6 is 0 Å². The van der Waals surface area contributed by atoms with Crippen molar-refractivity contribution in [3.63, 3.8) is 0 Å². The van der Waals surface area contributed by atoms with Crippen LogP contribution < -0.4 is 5.73 Å². The Kier molecular flexibility index (Phi) is 3.41. The van der Waals surface area contributed by atoms with E-state index >= 15 is 0 Å². The van der Waals surface area contributed by atoms with Crippen molar-refractivity contribution >= 4 is 21.5 Å². The molecule has 2 rings (SSSR count). The molecule has 0 radical (unpaired) electrons. The first kappa shape index (κ1) is 14.6. The summed E-state index contributed by atoms with van der Waals surface area (Å²) in [4.78, 5) is 10.8. The van der Waals surface area contributed by atoms with Gasteiger partial charge in [-0.2, -0.15) is 13.2 Å². The summed E-state index contributed by atoms with van der Waals surface area (Å²) in [5.41, 5.74) is 4.54. The number of esters is 1. The first-order valence-electron chi connectivity index (χ1n) is 5.46. The molecule has 0 saturated carbocycles. The van der Waals surface area contributed by atoms with Gasteiger partial charge in [-0.25, -0.2) is 13.2 Å². The number of hydrogen-bond donors (Lipinski definition) is 1. The predicted molar refractivity (Wildman–Crippen MR) is 63.3 cm³/mol. The molecule has 0 bridgehead atoms. The van der Waals surface area contributed by atoms with Crippen molar-refractivity contribution in [3.8, 4) is 0 Å². The number of benzene rings is 1. The number of anilines is 1. The maximum Gasteiger partial charge on any atom is 0.490 e. The second-order valence-electron chi connectivity index (χ2n) is 4.37. The molecule has 1 aromatic rings. The van der Waals surface area contributed by atoms with Gasteiger partial charge in [-0.1, -0.05) is 12.1 Å². The van der Waals surface area contributed by atoms with Gasteiger partial charge in [-0.05, 0) is 17.7 Å². The lowest BCUT2D eigenvalue weighted by Gasteiger charge is -2.35. The largest absolute Gasteiger partial charge is 0.490 e. The Bertz CT molecular complexity index is 624. The summed E-state index contributed by atoms with van der Waals surface area (Å²) < 4.78 is 63.4. The third kappa shape index (κ3) is 2.72. The summed E-state index contributed by atoms with van der Waals surface area (Å²) >= 11 is 0. The molecular formula is C11H10F3NO4S. The molecule has 2 N–H and O–H groups in total. The number of nitrogens with two attached hydrogens (primary N) is 1. The molecule has 20 heavy (non-hydrogen) atoms. The maximum absolute atomic E-state index is 12.1. The van der Waals surface area contributed by atoms with Crippen LogP contribution in [-0.2, 0) is 19.4 Å². The number of halogens is 3. The van der Waals surface area contributed by atoms with Crippen molar-refractivity contribution in [2.24, 2.45) is 0 Å². The van der Waals surface area contributed by atoms with Crippen LogP contribution in [0.25, 0.3) is 0 Å². The zero-order chi connectivity index (χ0) is 15.1. The van der Waals surface area contributed by atoms with Crippen LogP contribution in [0.2, 0.25) is 0 Å². The first-order valence-corrected chi connectivity index (χ1v) is 7.17. The molecule has 1 aliphatic rings. The monoisotopic (exact) mass is 309 g/mol. The summed E-state index contributed by atoms with van der Waals surface area (Å²) in [5, 5.41) is 0. The minimum atomic E-state index is -5.23. The van der Waals surface area contributed by atoms with Gasteiger partial charge in [0.1, 0.15) is 0 Å². The fourth-order valence-electron chi connectivity index (χ4n) is 1.88. The lowest BCUT2D eigenvalue weighted by atomic mass is 10.0. The third-order valence-electron chi connectivity index (χ3n) is 2.91. The summed E-state index contributed by atoms with van der Waals surface area (Å²) in [5.74, 6) is -3.69. The fourth-order valence-corrected chi connectivity index (χ4v) is 3.56. The van der Waals surface area contributed by atoms with Crippen LogP contribution in [0.4, 0.5) is 18.9 Å². The number of ether oxygens (including phenoxy) is 1. The maximum atomic E-state index is 12.1. The van der Waals surface area contributed by atoms with Crippen LogP contribution in [0.15, 0.2) is 24.3 Å². The highest BCUT2D eigenvalue weighted by atomic mass is 32.2. The van der Waals surface area contributed by atoms with Gasteiger partial charge in [-0.3, -0.25) is 0 Å². The molecule has 1 heterocycles. The van der Waals surface area contributed by atoms with Gasteiger partial charge < -0.3 is 10.5 Å². The molecule has 1 saturated heterocycles. The summed E-state index contributed by atoms with van der Waals surface area (Å²) in [6, 6.07) is 5.96. The lowest BCUT2D eigenvalue weighted by Crippen LogP contribution is -2.49. The quantitative estimate of drug-likeness (QED) is 0.655. The van der Waals surface area contributed by atoms with E-state index in [-0.39, 0.29) is 5.75 Å². The van der Waals surface area contributed by atoms with Crippen molar-refractivity contribution in [2.75, 3.05) is 11.5 Å². The molecule has 1 fully saturated rings. The molecular weight excluding hydrogens is 299 g/mol. The second kappa shape index (κ2) is 4.65. The van der Waals surface area contributed by atoms with Crippen LogP contribution in [0.5, 0.6) is 0 Å². The molecule has 0 amide bonds. The van der Waals surface area contributed by atoms with Gasteiger partial charge in [0.25, 0.3) is 0 Å². The number of carbonyl (C=O) groups is 1. The highest BCUT2D eigenvalue weighted by Gasteiger charge is 2.53. The van der Waals surface area contributed by atoms with Crippen LogP contribution in [0.3, 0.4) is 0 Å². The van der Waals surface area contributed by atoms with Crippen molar-refractivity contribution in [2.45, 2.75) is 17.5 Å². The van der Waals surface area contributed by atoms with Crippen molar-refractivity contribution < 1.29 is 31.1 Å². The van der Waals surface area contributed by atoms with E-state index in [4.69, 9.17) is 5.73 Å². The van der Waals surface area contributed by atoms with Gasteiger partial charge >= 0.3 is 12.1 Å². The molecule has 1 aromatic carbocycles. The fraction of sp³-hybridized carbons (Fsp3) is 0.364. The Morgan fingerprint density at radius 3 is 2.25 bits per heavy atom. The van der Waals surface area contributed by atoms with Crippen LogP contribution in [-0.4, -0.2) is 31.8 Å². The van der Waals surface area contributed by atoms with Crippen LogP contribution in [0, 0.1) is 0 Å². The molecule has 9 heteroatoms. The molecule has 110 valence electrons. The van der Waals surface area contributed by atoms with Crippen molar-refractivity contribution in [3.05, 3.63) is 29.8 Å². The van der Waals surface area contributed by atoms with E-state index in [2.05, 4.69) is 4.74 Å². The van der Waals surface area contributed by atoms with Crippen LogP contribution in [0.1, 0.15) is 11.5 Å². The Balaban J connectivity index is 2.20. The Hall–Kier alpha value is -1.77. The molecule has 0 aromatic heterocycles. The Morgan fingerprint density at radius 1 is 1.25 bits per heavy atom. The van der Waals surface area contributed by atoms with Crippen molar-refractivity contribution in [1.29, 1.82) is 0 Å². The minimum Gasteiger partial charge on any atom is -0.439 e. The van der Waals surface area contributed by atoms with Gasteiger partial charge in [-0.15, -0.1) is 0 Å². The summed E-state index contributed by atoms with van der Waals surface area (Å²) in [6.07, 6.45) is -5.23. The number of nitrogen functional groups attached to an aromatic ring is 1. The average Bonchev–Trinajstić information content (AvgIpc) is 2.33. The number of carbonyl (C=O) groups excluding carboxylic acids is 1. The van der Waals surface area contributed by atoms with E-state index in [0.717, 1.165) is 0 Å². The molecule has 2 atom stereocenters. The first-order chi connectivity index (χ1) is 9.11. The Labute approximate surface area is 112 Å². The number of hydrogen-bond acceptors (Lipinski definition) is 5. The molecule has 0 spiro atoms. The van der Waals surface area contributed by atoms with Gasteiger partial charge in [0, 0.05) is 11.6 Å². The smallest absolute Gasteiger partial charge is 0.439 e. The van der Waals surface area contributed by atoms with Gasteiger partial charge in [0.05, 0.1) is 5.75 Å². The van der Waals surface area contributed by atoms with Crippen molar-refractivity contribution in [1.82, 2.24) is 0 Å². The minimum absolute atomic E-state index is 0.368. The molecule has 5 nitrogen and oxygen atoms in total. The summed E-state index contributed by atoms with van der Waals surface area (Å²) in [6.45, 7) is 0. The van der Waals surface area contributed by atoms with E-state index in [1.54, 1.807) is 0 Å². The van der Waals surface area contributed by atoms with E-state index < -0.39 is 33.3 Å². The van der Waals surface area contributed by atoms with E-state index in [1.807, 2.05) is 0 Å². The highest BCUT2D eigenvalue weighted by Crippen LogP contribution is 2.38. The third-order valence-corrected chi connectivity index (χ3v) is 4.87. The molecule has 2 unspecified atom stereocenters. The average molecular weight is 309 g/mol. The predicted octanol–water partition coefficient (Wildman–Crippen LogP) is 1.21. The standard InChI is InChI=1S/C11H10F3NO4S/c12-11(13,14)10(16)19-9-8(5-20(9,17)18)6-1-3-7(15)4-2-6/h1-4,8-9H,5,15H2. The number of sulfone groups is 1. The van der Waals surface area contributed by atoms with E-state index in [9.17, 15) is 26.4 Å².